The van der Waals surface area contributed by atoms with Gasteiger partial charge in [0, 0.05) is 37.9 Å². The Morgan fingerprint density at radius 1 is 1.03 bits per heavy atom. The van der Waals surface area contributed by atoms with E-state index in [0.717, 1.165) is 55.9 Å². The second-order valence-electron chi connectivity index (χ2n) is 8.19. The number of ether oxygens (including phenoxy) is 1. The van der Waals surface area contributed by atoms with Crippen molar-refractivity contribution in [2.45, 2.75) is 32.6 Å². The molecule has 0 radical (unpaired) electrons. The molecule has 0 saturated carbocycles. The van der Waals surface area contributed by atoms with Gasteiger partial charge in [-0.05, 0) is 49.8 Å². The summed E-state index contributed by atoms with van der Waals surface area (Å²) in [6.07, 6.45) is 6.86. The normalized spacial score (nSPS) is 14.2. The summed E-state index contributed by atoms with van der Waals surface area (Å²) in [7, 11) is 0. The lowest BCUT2D eigenvalue weighted by Gasteiger charge is -2.32. The van der Waals surface area contributed by atoms with Gasteiger partial charge in [-0.2, -0.15) is 0 Å². The van der Waals surface area contributed by atoms with E-state index in [1.54, 1.807) is 12.4 Å². The highest BCUT2D eigenvalue weighted by atomic mass is 16.5. The maximum atomic E-state index is 12.6. The number of nitrogens with zero attached hydrogens (tertiary/aromatic N) is 3. The standard InChI is InChI=1S/C26H30N4O2/c1-20-8-5-6-12-23(20)32-26-24(27-16-17-29-26)30-18-13-22(14-19-30)25(31)28-15-7-11-21-9-3-2-4-10-21/h2-6,8-10,12,16-17,22H,7,11,13-15,18-19H2,1H3,(H,28,31). The van der Waals surface area contributed by atoms with Gasteiger partial charge in [-0.15, -0.1) is 0 Å². The Bertz CT molecular complexity index is 1020. The van der Waals surface area contributed by atoms with Gasteiger partial charge >= 0.3 is 0 Å². The Kier molecular flexibility index (Phi) is 7.33. The van der Waals surface area contributed by atoms with E-state index in [1.165, 1.54) is 5.56 Å². The molecule has 0 aliphatic carbocycles. The van der Waals surface area contributed by atoms with E-state index in [0.29, 0.717) is 12.4 Å². The van der Waals surface area contributed by atoms with Crippen LogP contribution in [0, 0.1) is 12.8 Å². The van der Waals surface area contributed by atoms with Crippen LogP contribution < -0.4 is 15.0 Å². The van der Waals surface area contributed by atoms with Crippen LogP contribution in [0.2, 0.25) is 0 Å². The average molecular weight is 431 g/mol. The maximum absolute atomic E-state index is 12.6. The molecule has 1 saturated heterocycles. The number of aryl methyl sites for hydroxylation is 2. The smallest absolute Gasteiger partial charge is 0.263 e. The summed E-state index contributed by atoms with van der Waals surface area (Å²) < 4.78 is 6.08. The Balaban J connectivity index is 1.27. The quantitative estimate of drug-likeness (QED) is 0.532. The lowest BCUT2D eigenvalue weighted by atomic mass is 9.96. The number of anilines is 1. The number of hydrogen-bond donors (Lipinski definition) is 1. The summed E-state index contributed by atoms with van der Waals surface area (Å²) in [5.41, 5.74) is 2.36. The van der Waals surface area contributed by atoms with E-state index in [-0.39, 0.29) is 11.8 Å². The van der Waals surface area contributed by atoms with Gasteiger partial charge in [-0.25, -0.2) is 9.97 Å². The second-order valence-corrected chi connectivity index (χ2v) is 8.19. The Morgan fingerprint density at radius 3 is 2.53 bits per heavy atom. The number of carbonyl (C=O) groups excluding carboxylic acids is 1. The topological polar surface area (TPSA) is 67.4 Å². The van der Waals surface area contributed by atoms with Crippen molar-refractivity contribution in [2.24, 2.45) is 5.92 Å². The molecule has 1 N–H and O–H groups in total. The van der Waals surface area contributed by atoms with Gasteiger partial charge in [0.15, 0.2) is 5.82 Å². The lowest BCUT2D eigenvalue weighted by molar-refractivity contribution is -0.125. The van der Waals surface area contributed by atoms with Crippen molar-refractivity contribution in [3.8, 4) is 11.6 Å². The molecule has 1 aliphatic rings. The van der Waals surface area contributed by atoms with E-state index >= 15 is 0 Å². The van der Waals surface area contributed by atoms with Crippen LogP contribution in [0.3, 0.4) is 0 Å². The molecule has 1 amide bonds. The number of benzene rings is 2. The van der Waals surface area contributed by atoms with Gasteiger partial charge in [0.05, 0.1) is 0 Å². The molecule has 1 aliphatic heterocycles. The second kappa shape index (κ2) is 10.8. The lowest BCUT2D eigenvalue weighted by Crippen LogP contribution is -2.41. The zero-order chi connectivity index (χ0) is 22.2. The summed E-state index contributed by atoms with van der Waals surface area (Å²) >= 11 is 0. The first-order valence-electron chi connectivity index (χ1n) is 11.3. The molecule has 0 unspecified atom stereocenters. The van der Waals surface area contributed by atoms with Crippen LogP contribution >= 0.6 is 0 Å². The van der Waals surface area contributed by atoms with Gasteiger partial charge in [-0.3, -0.25) is 4.79 Å². The highest BCUT2D eigenvalue weighted by Gasteiger charge is 2.27. The summed E-state index contributed by atoms with van der Waals surface area (Å²) in [4.78, 5) is 23.7. The van der Waals surface area contributed by atoms with Gasteiger partial charge in [0.25, 0.3) is 5.88 Å². The molecule has 32 heavy (non-hydrogen) atoms. The number of piperidine rings is 1. The van der Waals surface area contributed by atoms with E-state index in [2.05, 4.69) is 44.5 Å². The molecule has 6 heteroatoms. The number of aromatic nitrogens is 2. The van der Waals surface area contributed by atoms with Crippen LogP contribution in [0.25, 0.3) is 0 Å². The molecule has 6 nitrogen and oxygen atoms in total. The van der Waals surface area contributed by atoms with E-state index in [4.69, 9.17) is 4.74 Å². The monoisotopic (exact) mass is 430 g/mol. The van der Waals surface area contributed by atoms with Crippen LogP contribution in [-0.4, -0.2) is 35.5 Å². The Morgan fingerprint density at radius 2 is 1.75 bits per heavy atom. The van der Waals surface area contributed by atoms with Gasteiger partial charge in [-0.1, -0.05) is 48.5 Å². The van der Waals surface area contributed by atoms with Crippen molar-refractivity contribution in [2.75, 3.05) is 24.5 Å². The Labute approximate surface area is 189 Å². The number of nitrogens with one attached hydrogen (secondary N) is 1. The number of rotatable bonds is 8. The molecule has 166 valence electrons. The number of hydrogen-bond acceptors (Lipinski definition) is 5. The molecular formula is C26H30N4O2. The third-order valence-corrected chi connectivity index (χ3v) is 5.90. The highest BCUT2D eigenvalue weighted by molar-refractivity contribution is 5.79. The zero-order valence-corrected chi connectivity index (χ0v) is 18.5. The molecule has 2 aromatic carbocycles. The fraction of sp³-hybridized carbons (Fsp3) is 0.346. The largest absolute Gasteiger partial charge is 0.436 e. The van der Waals surface area contributed by atoms with Crippen molar-refractivity contribution < 1.29 is 9.53 Å². The summed E-state index contributed by atoms with van der Waals surface area (Å²) in [6, 6.07) is 18.3. The minimum Gasteiger partial charge on any atom is -0.436 e. The molecule has 0 spiro atoms. The van der Waals surface area contributed by atoms with Gasteiger partial charge in [0.1, 0.15) is 5.75 Å². The van der Waals surface area contributed by atoms with Crippen LogP contribution in [-0.2, 0) is 11.2 Å². The summed E-state index contributed by atoms with van der Waals surface area (Å²) in [5.74, 6) is 2.22. The van der Waals surface area contributed by atoms with Gasteiger partial charge in [0.2, 0.25) is 5.91 Å². The predicted octanol–water partition coefficient (Wildman–Crippen LogP) is 4.54. The van der Waals surface area contributed by atoms with Gasteiger partial charge < -0.3 is 15.0 Å². The van der Waals surface area contributed by atoms with E-state index in [9.17, 15) is 4.79 Å². The number of carbonyl (C=O) groups is 1. The summed E-state index contributed by atoms with van der Waals surface area (Å²) in [6.45, 7) is 4.23. The third-order valence-electron chi connectivity index (χ3n) is 5.90. The molecule has 3 aromatic rings. The molecule has 1 fully saturated rings. The molecular weight excluding hydrogens is 400 g/mol. The van der Waals surface area contributed by atoms with E-state index < -0.39 is 0 Å². The molecule has 2 heterocycles. The van der Waals surface area contributed by atoms with Crippen LogP contribution in [0.4, 0.5) is 5.82 Å². The molecule has 0 bridgehead atoms. The fourth-order valence-corrected chi connectivity index (χ4v) is 4.03. The summed E-state index contributed by atoms with van der Waals surface area (Å²) in [5, 5.41) is 3.12. The number of amides is 1. The van der Waals surface area contributed by atoms with Crippen LogP contribution in [0.15, 0.2) is 67.0 Å². The number of para-hydroxylation sites is 1. The molecule has 0 atom stereocenters. The van der Waals surface area contributed by atoms with Crippen molar-refractivity contribution in [1.82, 2.24) is 15.3 Å². The SMILES string of the molecule is Cc1ccccc1Oc1nccnc1N1CCC(C(=O)NCCCc2ccccc2)CC1. The first kappa shape index (κ1) is 21.8. The minimum absolute atomic E-state index is 0.0420. The van der Waals surface area contributed by atoms with Crippen molar-refractivity contribution in [1.29, 1.82) is 0 Å². The molecule has 1 aromatic heterocycles. The highest BCUT2D eigenvalue weighted by Crippen LogP contribution is 2.32. The zero-order valence-electron chi connectivity index (χ0n) is 18.5. The third kappa shape index (κ3) is 5.63. The first-order chi connectivity index (χ1) is 15.7. The van der Waals surface area contributed by atoms with Crippen molar-refractivity contribution >= 4 is 11.7 Å². The average Bonchev–Trinajstić information content (AvgIpc) is 2.84. The molecule has 4 rings (SSSR count). The fourth-order valence-electron chi connectivity index (χ4n) is 4.03. The van der Waals surface area contributed by atoms with Crippen molar-refractivity contribution in [3.63, 3.8) is 0 Å². The van der Waals surface area contributed by atoms with Crippen molar-refractivity contribution in [3.05, 3.63) is 78.1 Å². The maximum Gasteiger partial charge on any atom is 0.263 e. The van der Waals surface area contributed by atoms with Crippen LogP contribution in [0.1, 0.15) is 30.4 Å². The predicted molar refractivity (Wildman–Crippen MR) is 126 cm³/mol. The Hall–Kier alpha value is -3.41. The van der Waals surface area contributed by atoms with E-state index in [1.807, 2.05) is 37.3 Å². The first-order valence-corrected chi connectivity index (χ1v) is 11.3. The van der Waals surface area contributed by atoms with Crippen LogP contribution in [0.5, 0.6) is 11.6 Å². The minimum atomic E-state index is 0.0420.